The molecule has 104 valence electrons. The van der Waals surface area contributed by atoms with Crippen LogP contribution in [-0.2, 0) is 14.3 Å². The summed E-state index contributed by atoms with van der Waals surface area (Å²) in [6.07, 6.45) is 2.31. The van der Waals surface area contributed by atoms with Gasteiger partial charge in [0.2, 0.25) is 5.91 Å². The number of hydrogen-bond donors (Lipinski definition) is 2. The summed E-state index contributed by atoms with van der Waals surface area (Å²) in [4.78, 5) is 23.5. The van der Waals surface area contributed by atoms with Gasteiger partial charge < -0.3 is 15.2 Å². The van der Waals surface area contributed by atoms with Crippen LogP contribution in [0.2, 0.25) is 0 Å². The van der Waals surface area contributed by atoms with E-state index in [9.17, 15) is 19.1 Å². The number of ether oxygens (including phenoxy) is 1. The minimum atomic E-state index is -1.05. The van der Waals surface area contributed by atoms with Gasteiger partial charge in [0, 0.05) is 5.69 Å². The van der Waals surface area contributed by atoms with Gasteiger partial charge in [0.1, 0.15) is 11.7 Å². The maximum Gasteiger partial charge on any atom is 0.310 e. The van der Waals surface area contributed by atoms with Crippen molar-refractivity contribution in [3.8, 4) is 0 Å². The van der Waals surface area contributed by atoms with E-state index in [1.165, 1.54) is 24.3 Å². The Hall–Kier alpha value is -2.21. The first-order valence-corrected chi connectivity index (χ1v) is 6.19. The number of carbonyl (C=O) groups is 2. The Morgan fingerprint density at radius 1 is 1.10 bits per heavy atom. The SMILES string of the molecule is O=C(O)[C@@H]1[C@@H](C(=O)Nc2ccc(F)cc2)[C@H]2C=C[C@@H]1O2. The molecule has 20 heavy (non-hydrogen) atoms. The molecule has 2 aliphatic heterocycles. The molecule has 1 aromatic carbocycles. The number of aliphatic carboxylic acids is 1. The second kappa shape index (κ2) is 4.72. The maximum atomic E-state index is 12.8. The normalized spacial score (nSPS) is 30.4. The third-order valence-corrected chi connectivity index (χ3v) is 3.60. The molecule has 2 aliphatic rings. The fourth-order valence-electron chi connectivity index (χ4n) is 2.67. The number of carboxylic acids is 1. The Morgan fingerprint density at radius 3 is 2.30 bits per heavy atom. The van der Waals surface area contributed by atoms with Crippen molar-refractivity contribution in [3.05, 3.63) is 42.2 Å². The molecule has 3 rings (SSSR count). The Kier molecular flexibility index (Phi) is 3.02. The molecular weight excluding hydrogens is 265 g/mol. The first-order valence-electron chi connectivity index (χ1n) is 6.19. The van der Waals surface area contributed by atoms with E-state index in [0.29, 0.717) is 5.69 Å². The molecule has 0 unspecified atom stereocenters. The van der Waals surface area contributed by atoms with Crippen molar-refractivity contribution in [3.63, 3.8) is 0 Å². The van der Waals surface area contributed by atoms with Crippen molar-refractivity contribution in [1.82, 2.24) is 0 Å². The van der Waals surface area contributed by atoms with E-state index in [0.717, 1.165) is 0 Å². The van der Waals surface area contributed by atoms with E-state index in [1.54, 1.807) is 12.2 Å². The maximum absolute atomic E-state index is 12.8. The molecule has 0 radical (unpaired) electrons. The van der Waals surface area contributed by atoms with Gasteiger partial charge in [-0.25, -0.2) is 4.39 Å². The second-order valence-electron chi connectivity index (χ2n) is 4.84. The zero-order valence-electron chi connectivity index (χ0n) is 10.3. The highest BCUT2D eigenvalue weighted by atomic mass is 19.1. The van der Waals surface area contributed by atoms with Crippen molar-refractivity contribution in [2.24, 2.45) is 11.8 Å². The number of carbonyl (C=O) groups excluding carboxylic acids is 1. The standard InChI is InChI=1S/C14H12FNO4/c15-7-1-3-8(4-2-7)16-13(17)11-9-5-6-10(20-9)12(11)14(18)19/h1-6,9-12H,(H,16,17)(H,18,19)/t9-,10+,11+,12+/m1/s1. The fraction of sp³-hybridized carbons (Fsp3) is 0.286. The highest BCUT2D eigenvalue weighted by molar-refractivity contribution is 5.96. The van der Waals surface area contributed by atoms with Crippen LogP contribution in [0, 0.1) is 17.7 Å². The molecule has 2 bridgehead atoms. The first kappa shape index (κ1) is 12.8. The van der Waals surface area contributed by atoms with Crippen molar-refractivity contribution < 1.29 is 23.8 Å². The van der Waals surface area contributed by atoms with Gasteiger partial charge in [-0.2, -0.15) is 0 Å². The number of nitrogens with one attached hydrogen (secondary N) is 1. The summed E-state index contributed by atoms with van der Waals surface area (Å²) in [5.41, 5.74) is 0.423. The van der Waals surface area contributed by atoms with Crippen molar-refractivity contribution in [2.75, 3.05) is 5.32 Å². The van der Waals surface area contributed by atoms with Gasteiger partial charge in [-0.15, -0.1) is 0 Å². The molecule has 1 fully saturated rings. The van der Waals surface area contributed by atoms with Crippen LogP contribution in [0.5, 0.6) is 0 Å². The molecule has 1 aromatic rings. The lowest BCUT2D eigenvalue weighted by atomic mass is 9.82. The Bertz CT molecular complexity index is 583. The highest BCUT2D eigenvalue weighted by Crippen LogP contribution is 2.39. The third-order valence-electron chi connectivity index (χ3n) is 3.60. The zero-order chi connectivity index (χ0) is 14.3. The van der Waals surface area contributed by atoms with E-state index < -0.39 is 41.7 Å². The Labute approximate surface area is 114 Å². The zero-order valence-corrected chi connectivity index (χ0v) is 10.3. The van der Waals surface area contributed by atoms with Crippen molar-refractivity contribution in [1.29, 1.82) is 0 Å². The summed E-state index contributed by atoms with van der Waals surface area (Å²) in [5.74, 6) is -3.54. The molecule has 2 N–H and O–H groups in total. The lowest BCUT2D eigenvalue weighted by Gasteiger charge is -2.20. The van der Waals surface area contributed by atoms with Crippen LogP contribution in [-0.4, -0.2) is 29.2 Å². The van der Waals surface area contributed by atoms with Gasteiger partial charge in [0.05, 0.1) is 18.1 Å². The minimum absolute atomic E-state index is 0.405. The number of hydrogen-bond acceptors (Lipinski definition) is 3. The summed E-state index contributed by atoms with van der Waals surface area (Å²) < 4.78 is 18.2. The van der Waals surface area contributed by atoms with E-state index in [2.05, 4.69) is 5.32 Å². The van der Waals surface area contributed by atoms with Crippen LogP contribution in [0.25, 0.3) is 0 Å². The van der Waals surface area contributed by atoms with Gasteiger partial charge in [-0.3, -0.25) is 9.59 Å². The molecule has 5 nitrogen and oxygen atoms in total. The number of carboxylic acid groups (broad SMARTS) is 1. The Morgan fingerprint density at radius 2 is 1.70 bits per heavy atom. The lowest BCUT2D eigenvalue weighted by Crippen LogP contribution is -2.39. The summed E-state index contributed by atoms with van der Waals surface area (Å²) >= 11 is 0. The van der Waals surface area contributed by atoms with Crippen LogP contribution in [0.4, 0.5) is 10.1 Å². The van der Waals surface area contributed by atoms with Crippen LogP contribution in [0.3, 0.4) is 0 Å². The molecular formula is C14H12FNO4. The first-order chi connectivity index (χ1) is 9.56. The summed E-state index contributed by atoms with van der Waals surface area (Å²) in [6, 6.07) is 5.29. The molecule has 0 spiro atoms. The number of anilines is 1. The summed E-state index contributed by atoms with van der Waals surface area (Å²) in [7, 11) is 0. The highest BCUT2D eigenvalue weighted by Gasteiger charge is 2.53. The molecule has 0 aliphatic carbocycles. The summed E-state index contributed by atoms with van der Waals surface area (Å²) in [5, 5.41) is 11.8. The second-order valence-corrected chi connectivity index (χ2v) is 4.84. The molecule has 1 saturated heterocycles. The largest absolute Gasteiger partial charge is 0.481 e. The quantitative estimate of drug-likeness (QED) is 0.819. The van der Waals surface area contributed by atoms with Crippen LogP contribution < -0.4 is 5.32 Å². The minimum Gasteiger partial charge on any atom is -0.481 e. The van der Waals surface area contributed by atoms with E-state index in [4.69, 9.17) is 4.74 Å². The van der Waals surface area contributed by atoms with Gasteiger partial charge in [-0.1, -0.05) is 12.2 Å². The Balaban J connectivity index is 1.78. The predicted molar refractivity (Wildman–Crippen MR) is 67.4 cm³/mol. The van der Waals surface area contributed by atoms with Crippen molar-refractivity contribution >= 4 is 17.6 Å². The van der Waals surface area contributed by atoms with Gasteiger partial charge >= 0.3 is 5.97 Å². The van der Waals surface area contributed by atoms with Gasteiger partial charge in [0.25, 0.3) is 0 Å². The van der Waals surface area contributed by atoms with Gasteiger partial charge in [0.15, 0.2) is 0 Å². The van der Waals surface area contributed by atoms with E-state index in [-0.39, 0.29) is 0 Å². The van der Waals surface area contributed by atoms with E-state index in [1.807, 2.05) is 0 Å². The molecule has 4 atom stereocenters. The topological polar surface area (TPSA) is 75.6 Å². The number of fused-ring (bicyclic) bond motifs is 2. The molecule has 2 heterocycles. The third kappa shape index (κ3) is 2.08. The smallest absolute Gasteiger partial charge is 0.310 e. The number of amides is 1. The van der Waals surface area contributed by atoms with Crippen molar-refractivity contribution in [2.45, 2.75) is 12.2 Å². The predicted octanol–water partition coefficient (Wildman–Crippen LogP) is 1.42. The number of rotatable bonds is 3. The summed E-state index contributed by atoms with van der Waals surface area (Å²) in [6.45, 7) is 0. The van der Waals surface area contributed by atoms with Gasteiger partial charge in [-0.05, 0) is 24.3 Å². The molecule has 0 aromatic heterocycles. The monoisotopic (exact) mass is 277 g/mol. The molecule has 0 saturated carbocycles. The average molecular weight is 277 g/mol. The number of halogens is 1. The lowest BCUT2D eigenvalue weighted by molar-refractivity contribution is -0.145. The fourth-order valence-corrected chi connectivity index (χ4v) is 2.67. The molecule has 1 amide bonds. The number of benzene rings is 1. The molecule has 6 heteroatoms. The van der Waals surface area contributed by atoms with Crippen LogP contribution >= 0.6 is 0 Å². The van der Waals surface area contributed by atoms with Crippen LogP contribution in [0.15, 0.2) is 36.4 Å². The average Bonchev–Trinajstić information content (AvgIpc) is 3.01. The van der Waals surface area contributed by atoms with E-state index >= 15 is 0 Å². The van der Waals surface area contributed by atoms with Crippen LogP contribution in [0.1, 0.15) is 0 Å².